The Morgan fingerprint density at radius 1 is 1.25 bits per heavy atom. The van der Waals surface area contributed by atoms with Crippen LogP contribution in [0.2, 0.25) is 0 Å². The van der Waals surface area contributed by atoms with Gasteiger partial charge in [-0.05, 0) is 23.4 Å². The molecule has 0 saturated heterocycles. The molecule has 0 amide bonds. The lowest BCUT2D eigenvalue weighted by atomic mass is 10.0. The standard InChI is InChI=1S/C13H14F3N3S/c1-8(2)11(9-4-3-7-20-9)19-12-17-6-5-10(18-12)13(14,15)16/h3-8,11H,1-2H3,(H,17,18,19). The minimum Gasteiger partial charge on any atom is -0.346 e. The zero-order valence-electron chi connectivity index (χ0n) is 11.0. The zero-order valence-corrected chi connectivity index (χ0v) is 11.8. The summed E-state index contributed by atoms with van der Waals surface area (Å²) in [6, 6.07) is 4.60. The van der Waals surface area contributed by atoms with Crippen LogP contribution in [-0.2, 0) is 6.18 Å². The van der Waals surface area contributed by atoms with Gasteiger partial charge < -0.3 is 5.32 Å². The number of alkyl halides is 3. The Hall–Kier alpha value is -1.63. The van der Waals surface area contributed by atoms with Crippen LogP contribution in [0.4, 0.5) is 19.1 Å². The summed E-state index contributed by atoms with van der Waals surface area (Å²) in [5.74, 6) is 0.193. The summed E-state index contributed by atoms with van der Waals surface area (Å²) >= 11 is 1.55. The number of rotatable bonds is 4. The quantitative estimate of drug-likeness (QED) is 0.911. The fraction of sp³-hybridized carbons (Fsp3) is 0.385. The van der Waals surface area contributed by atoms with Crippen LogP contribution in [0.25, 0.3) is 0 Å². The van der Waals surface area contributed by atoms with Crippen LogP contribution >= 0.6 is 11.3 Å². The summed E-state index contributed by atoms with van der Waals surface area (Å²) < 4.78 is 37.9. The lowest BCUT2D eigenvalue weighted by Gasteiger charge is -2.21. The van der Waals surface area contributed by atoms with Gasteiger partial charge in [-0.25, -0.2) is 9.97 Å². The molecule has 0 spiro atoms. The van der Waals surface area contributed by atoms with Crippen molar-refractivity contribution < 1.29 is 13.2 Å². The van der Waals surface area contributed by atoms with E-state index >= 15 is 0 Å². The van der Waals surface area contributed by atoms with Gasteiger partial charge in [0.25, 0.3) is 0 Å². The van der Waals surface area contributed by atoms with E-state index in [-0.39, 0.29) is 17.9 Å². The van der Waals surface area contributed by atoms with Gasteiger partial charge in [-0.15, -0.1) is 11.3 Å². The molecule has 2 heterocycles. The summed E-state index contributed by atoms with van der Waals surface area (Å²) in [7, 11) is 0. The molecule has 0 saturated carbocycles. The van der Waals surface area contributed by atoms with Crippen molar-refractivity contribution >= 4 is 17.3 Å². The molecule has 7 heteroatoms. The van der Waals surface area contributed by atoms with Gasteiger partial charge in [-0.2, -0.15) is 13.2 Å². The third-order valence-corrected chi connectivity index (χ3v) is 3.70. The Morgan fingerprint density at radius 2 is 2.00 bits per heavy atom. The fourth-order valence-corrected chi connectivity index (χ4v) is 2.71. The summed E-state index contributed by atoms with van der Waals surface area (Å²) in [5.41, 5.74) is -0.941. The molecule has 1 atom stereocenters. The minimum absolute atomic E-state index is 0.00748. The van der Waals surface area contributed by atoms with Crippen LogP contribution in [0.3, 0.4) is 0 Å². The summed E-state index contributed by atoms with van der Waals surface area (Å²) in [4.78, 5) is 8.44. The molecule has 2 aromatic heterocycles. The van der Waals surface area contributed by atoms with Crippen LogP contribution in [-0.4, -0.2) is 9.97 Å². The number of anilines is 1. The van der Waals surface area contributed by atoms with Gasteiger partial charge in [0.05, 0.1) is 6.04 Å². The Bertz CT molecular complexity index is 552. The van der Waals surface area contributed by atoms with E-state index in [1.165, 1.54) is 0 Å². The maximum atomic E-state index is 12.6. The van der Waals surface area contributed by atoms with Crippen molar-refractivity contribution in [3.63, 3.8) is 0 Å². The number of nitrogens with zero attached hydrogens (tertiary/aromatic N) is 2. The molecule has 108 valence electrons. The molecule has 2 aromatic rings. The van der Waals surface area contributed by atoms with Gasteiger partial charge in [0.15, 0.2) is 0 Å². The highest BCUT2D eigenvalue weighted by atomic mass is 32.1. The lowest BCUT2D eigenvalue weighted by molar-refractivity contribution is -0.141. The molecule has 0 aliphatic heterocycles. The third kappa shape index (κ3) is 3.47. The van der Waals surface area contributed by atoms with Crippen LogP contribution in [0.5, 0.6) is 0 Å². The van der Waals surface area contributed by atoms with E-state index in [9.17, 15) is 13.2 Å². The van der Waals surface area contributed by atoms with Crippen LogP contribution in [0.15, 0.2) is 29.8 Å². The molecule has 0 aromatic carbocycles. The summed E-state index contributed by atoms with van der Waals surface area (Å²) in [6.45, 7) is 3.98. The van der Waals surface area contributed by atoms with Gasteiger partial charge in [0.1, 0.15) is 5.69 Å². The average molecular weight is 301 g/mol. The van der Waals surface area contributed by atoms with Crippen LogP contribution in [0.1, 0.15) is 30.5 Å². The fourth-order valence-electron chi connectivity index (χ4n) is 1.76. The molecule has 0 fully saturated rings. The Labute approximate surface area is 118 Å². The molecule has 0 radical (unpaired) electrons. The van der Waals surface area contributed by atoms with Gasteiger partial charge in [0.2, 0.25) is 5.95 Å². The predicted molar refractivity (Wildman–Crippen MR) is 72.6 cm³/mol. The van der Waals surface area contributed by atoms with Crippen molar-refractivity contribution in [2.75, 3.05) is 5.32 Å². The molecule has 0 aliphatic rings. The first-order valence-corrected chi connectivity index (χ1v) is 6.96. The van der Waals surface area contributed by atoms with Crippen molar-refractivity contribution in [3.8, 4) is 0 Å². The molecule has 0 aliphatic carbocycles. The summed E-state index contributed by atoms with van der Waals surface area (Å²) in [6.07, 6.45) is -3.35. The average Bonchev–Trinajstić information content (AvgIpc) is 2.88. The molecule has 1 N–H and O–H groups in total. The van der Waals surface area contributed by atoms with Crippen molar-refractivity contribution in [2.24, 2.45) is 5.92 Å². The van der Waals surface area contributed by atoms with E-state index in [2.05, 4.69) is 15.3 Å². The second kappa shape index (κ2) is 5.78. The Morgan fingerprint density at radius 3 is 2.55 bits per heavy atom. The first-order valence-electron chi connectivity index (χ1n) is 6.08. The maximum absolute atomic E-state index is 12.6. The monoisotopic (exact) mass is 301 g/mol. The number of thiophene rings is 1. The van der Waals surface area contributed by atoms with E-state index in [0.717, 1.165) is 17.1 Å². The third-order valence-electron chi connectivity index (χ3n) is 2.75. The Kier molecular flexibility index (Phi) is 4.27. The molecular weight excluding hydrogens is 287 g/mol. The molecule has 2 rings (SSSR count). The molecule has 20 heavy (non-hydrogen) atoms. The minimum atomic E-state index is -4.46. The second-order valence-corrected chi connectivity index (χ2v) is 5.62. The van der Waals surface area contributed by atoms with Gasteiger partial charge >= 0.3 is 6.18 Å². The molecule has 1 unspecified atom stereocenters. The number of hydrogen-bond acceptors (Lipinski definition) is 4. The first kappa shape index (κ1) is 14.8. The maximum Gasteiger partial charge on any atom is 0.433 e. The SMILES string of the molecule is CC(C)C(Nc1nccc(C(F)(F)F)n1)c1cccs1. The number of halogens is 3. The summed E-state index contributed by atoms with van der Waals surface area (Å²) in [5, 5.41) is 4.91. The van der Waals surface area contributed by atoms with E-state index in [4.69, 9.17) is 0 Å². The van der Waals surface area contributed by atoms with Gasteiger partial charge in [0, 0.05) is 11.1 Å². The molecule has 3 nitrogen and oxygen atoms in total. The predicted octanol–water partition coefficient (Wildman–Crippen LogP) is 4.37. The number of hydrogen-bond donors (Lipinski definition) is 1. The zero-order chi connectivity index (χ0) is 14.8. The molecular formula is C13H14F3N3S. The van der Waals surface area contributed by atoms with Crippen molar-refractivity contribution in [1.29, 1.82) is 0 Å². The second-order valence-electron chi connectivity index (χ2n) is 4.64. The van der Waals surface area contributed by atoms with Crippen LogP contribution in [0, 0.1) is 5.92 Å². The number of nitrogens with one attached hydrogen (secondary N) is 1. The van der Waals surface area contributed by atoms with Gasteiger partial charge in [-0.3, -0.25) is 0 Å². The van der Waals surface area contributed by atoms with E-state index < -0.39 is 11.9 Å². The van der Waals surface area contributed by atoms with Crippen LogP contribution < -0.4 is 5.32 Å². The smallest absolute Gasteiger partial charge is 0.346 e. The normalized spacial score (nSPS) is 13.5. The highest BCUT2D eigenvalue weighted by Gasteiger charge is 2.33. The van der Waals surface area contributed by atoms with Gasteiger partial charge in [-0.1, -0.05) is 19.9 Å². The Balaban J connectivity index is 2.24. The van der Waals surface area contributed by atoms with E-state index in [0.29, 0.717) is 0 Å². The van der Waals surface area contributed by atoms with E-state index in [1.807, 2.05) is 31.4 Å². The number of aromatic nitrogens is 2. The van der Waals surface area contributed by atoms with Crippen molar-refractivity contribution in [3.05, 3.63) is 40.3 Å². The largest absolute Gasteiger partial charge is 0.433 e. The van der Waals surface area contributed by atoms with Crippen molar-refractivity contribution in [2.45, 2.75) is 26.1 Å². The van der Waals surface area contributed by atoms with E-state index in [1.54, 1.807) is 11.3 Å². The lowest BCUT2D eigenvalue weighted by Crippen LogP contribution is -2.18. The molecule has 0 bridgehead atoms. The topological polar surface area (TPSA) is 37.8 Å². The highest BCUT2D eigenvalue weighted by molar-refractivity contribution is 7.10. The first-order chi connectivity index (χ1) is 9.38. The van der Waals surface area contributed by atoms with Crippen molar-refractivity contribution in [1.82, 2.24) is 9.97 Å². The highest BCUT2D eigenvalue weighted by Crippen LogP contribution is 2.31.